The van der Waals surface area contributed by atoms with Crippen molar-refractivity contribution in [1.29, 1.82) is 0 Å². The fraction of sp³-hybridized carbons (Fsp3) is 0.308. The zero-order chi connectivity index (χ0) is 21.5. The molecule has 0 spiro atoms. The molecule has 0 atom stereocenters. The fourth-order valence-electron chi connectivity index (χ4n) is 5.18. The van der Waals surface area contributed by atoms with Crippen molar-refractivity contribution in [2.24, 2.45) is 0 Å². The second-order valence-electron chi connectivity index (χ2n) is 8.30. The SMILES string of the molecule is COc1ccc(C2C3=C(CCCC3=O)N(c3cccc(Br)c3)C3=C2C(=O)CCC3)cc1. The predicted molar refractivity (Wildman–Crippen MR) is 124 cm³/mol. The van der Waals surface area contributed by atoms with E-state index in [0.29, 0.717) is 12.8 Å². The maximum atomic E-state index is 13.3. The van der Waals surface area contributed by atoms with Gasteiger partial charge in [-0.2, -0.15) is 0 Å². The number of carbonyl (C=O) groups is 2. The standard InChI is InChI=1S/C26H24BrNO3/c1-31-19-13-11-16(12-14-19)24-25-20(7-3-9-22(25)29)28(18-6-2-5-17(27)15-18)21-8-4-10-23(30)26(21)24/h2,5-6,11-15,24H,3-4,7-10H2,1H3. The molecule has 5 rings (SSSR count). The third kappa shape index (κ3) is 3.45. The molecule has 1 aliphatic heterocycles. The van der Waals surface area contributed by atoms with E-state index in [1.807, 2.05) is 36.4 Å². The number of Topliss-reactive ketones (excluding diaryl/α,β-unsaturated/α-hetero) is 2. The summed E-state index contributed by atoms with van der Waals surface area (Å²) in [5, 5.41) is 0. The van der Waals surface area contributed by atoms with Gasteiger partial charge in [0.2, 0.25) is 0 Å². The number of rotatable bonds is 3. The maximum absolute atomic E-state index is 13.3. The molecule has 31 heavy (non-hydrogen) atoms. The van der Waals surface area contributed by atoms with Crippen molar-refractivity contribution >= 4 is 33.2 Å². The highest BCUT2D eigenvalue weighted by atomic mass is 79.9. The van der Waals surface area contributed by atoms with E-state index in [4.69, 9.17) is 4.74 Å². The van der Waals surface area contributed by atoms with Gasteiger partial charge in [0.15, 0.2) is 11.6 Å². The predicted octanol–water partition coefficient (Wildman–Crippen LogP) is 6.08. The molecule has 1 heterocycles. The third-order valence-electron chi connectivity index (χ3n) is 6.49. The van der Waals surface area contributed by atoms with Gasteiger partial charge in [0.05, 0.1) is 7.11 Å². The van der Waals surface area contributed by atoms with Crippen molar-refractivity contribution in [3.05, 3.63) is 81.1 Å². The summed E-state index contributed by atoms with van der Waals surface area (Å²) in [7, 11) is 1.64. The van der Waals surface area contributed by atoms with Gasteiger partial charge < -0.3 is 9.64 Å². The lowest BCUT2D eigenvalue weighted by molar-refractivity contribution is -0.116. The maximum Gasteiger partial charge on any atom is 0.161 e. The number of carbonyl (C=O) groups excluding carboxylic acids is 2. The van der Waals surface area contributed by atoms with Gasteiger partial charge in [0.25, 0.3) is 0 Å². The van der Waals surface area contributed by atoms with E-state index in [-0.39, 0.29) is 17.5 Å². The first-order valence-electron chi connectivity index (χ1n) is 10.8. The van der Waals surface area contributed by atoms with Crippen LogP contribution in [0.25, 0.3) is 0 Å². The summed E-state index contributed by atoms with van der Waals surface area (Å²) in [4.78, 5) is 28.8. The Morgan fingerprint density at radius 1 is 0.871 bits per heavy atom. The summed E-state index contributed by atoms with van der Waals surface area (Å²) >= 11 is 3.59. The van der Waals surface area contributed by atoms with Crippen LogP contribution in [-0.2, 0) is 9.59 Å². The fourth-order valence-corrected chi connectivity index (χ4v) is 5.56. The molecule has 0 amide bonds. The topological polar surface area (TPSA) is 46.6 Å². The smallest absolute Gasteiger partial charge is 0.161 e. The van der Waals surface area contributed by atoms with E-state index in [1.54, 1.807) is 7.11 Å². The van der Waals surface area contributed by atoms with Crippen LogP contribution in [-0.4, -0.2) is 18.7 Å². The summed E-state index contributed by atoms with van der Waals surface area (Å²) in [6, 6.07) is 16.0. The van der Waals surface area contributed by atoms with Crippen molar-refractivity contribution in [3.8, 4) is 5.75 Å². The Morgan fingerprint density at radius 3 is 2.03 bits per heavy atom. The van der Waals surface area contributed by atoms with Crippen molar-refractivity contribution in [1.82, 2.24) is 0 Å². The molecular formula is C26H24BrNO3. The van der Waals surface area contributed by atoms with Gasteiger partial charge in [-0.05, 0) is 61.6 Å². The normalized spacial score (nSPS) is 19.5. The Morgan fingerprint density at radius 2 is 1.48 bits per heavy atom. The minimum atomic E-state index is -0.292. The highest BCUT2D eigenvalue weighted by Gasteiger charge is 2.43. The second kappa shape index (κ2) is 8.12. The zero-order valence-corrected chi connectivity index (χ0v) is 19.1. The highest BCUT2D eigenvalue weighted by Crippen LogP contribution is 2.50. The molecule has 0 N–H and O–H groups in total. The van der Waals surface area contributed by atoms with Gasteiger partial charge in [-0.3, -0.25) is 9.59 Å². The van der Waals surface area contributed by atoms with Crippen LogP contribution in [0, 0.1) is 0 Å². The quantitative estimate of drug-likeness (QED) is 0.537. The average molecular weight is 478 g/mol. The second-order valence-corrected chi connectivity index (χ2v) is 9.21. The van der Waals surface area contributed by atoms with Crippen LogP contribution in [0.4, 0.5) is 5.69 Å². The van der Waals surface area contributed by atoms with Gasteiger partial charge in [-0.1, -0.05) is 34.1 Å². The minimum Gasteiger partial charge on any atom is -0.497 e. The molecule has 5 heteroatoms. The lowest BCUT2D eigenvalue weighted by Gasteiger charge is -2.44. The van der Waals surface area contributed by atoms with E-state index in [0.717, 1.165) is 69.7 Å². The molecule has 2 aliphatic carbocycles. The number of benzene rings is 2. The van der Waals surface area contributed by atoms with Crippen LogP contribution in [0.1, 0.15) is 50.0 Å². The largest absolute Gasteiger partial charge is 0.497 e. The van der Waals surface area contributed by atoms with Crippen LogP contribution in [0.15, 0.2) is 75.5 Å². The van der Waals surface area contributed by atoms with Crippen molar-refractivity contribution in [3.63, 3.8) is 0 Å². The van der Waals surface area contributed by atoms with Crippen LogP contribution < -0.4 is 9.64 Å². The number of methoxy groups -OCH3 is 1. The molecule has 0 radical (unpaired) electrons. The highest BCUT2D eigenvalue weighted by molar-refractivity contribution is 9.10. The minimum absolute atomic E-state index is 0.159. The number of anilines is 1. The first kappa shape index (κ1) is 20.3. The number of nitrogens with zero attached hydrogens (tertiary/aromatic N) is 1. The molecule has 0 saturated heterocycles. The van der Waals surface area contributed by atoms with Crippen molar-refractivity contribution in [2.75, 3.05) is 12.0 Å². The van der Waals surface area contributed by atoms with Crippen LogP contribution >= 0.6 is 15.9 Å². The summed E-state index contributed by atoms with van der Waals surface area (Å²) in [5.74, 6) is 0.794. The summed E-state index contributed by atoms with van der Waals surface area (Å²) < 4.78 is 6.31. The summed E-state index contributed by atoms with van der Waals surface area (Å²) in [6.07, 6.45) is 4.43. The molecule has 3 aliphatic rings. The molecule has 2 aromatic carbocycles. The van der Waals surface area contributed by atoms with Crippen molar-refractivity contribution in [2.45, 2.75) is 44.4 Å². The Kier molecular flexibility index (Phi) is 5.30. The number of hydrogen-bond acceptors (Lipinski definition) is 4. The Labute approximate surface area is 190 Å². The van der Waals surface area contributed by atoms with Gasteiger partial charge in [0.1, 0.15) is 5.75 Å². The molecule has 2 aromatic rings. The van der Waals surface area contributed by atoms with E-state index in [2.05, 4.69) is 33.0 Å². The zero-order valence-electron chi connectivity index (χ0n) is 17.5. The molecule has 0 unspecified atom stereocenters. The Hall–Kier alpha value is -2.66. The van der Waals surface area contributed by atoms with Gasteiger partial charge in [0, 0.05) is 51.5 Å². The summed E-state index contributed by atoms with van der Waals surface area (Å²) in [5.41, 5.74) is 5.70. The molecule has 0 aromatic heterocycles. The van der Waals surface area contributed by atoms with Crippen LogP contribution in [0.3, 0.4) is 0 Å². The third-order valence-corrected chi connectivity index (χ3v) is 6.98. The molecule has 4 nitrogen and oxygen atoms in total. The molecule has 0 fully saturated rings. The average Bonchev–Trinajstić information content (AvgIpc) is 2.78. The van der Waals surface area contributed by atoms with Crippen LogP contribution in [0.2, 0.25) is 0 Å². The van der Waals surface area contributed by atoms with Gasteiger partial charge >= 0.3 is 0 Å². The number of ketones is 2. The van der Waals surface area contributed by atoms with E-state index in [1.165, 1.54) is 0 Å². The molecule has 0 bridgehead atoms. The number of ether oxygens (including phenoxy) is 1. The van der Waals surface area contributed by atoms with E-state index >= 15 is 0 Å². The van der Waals surface area contributed by atoms with E-state index < -0.39 is 0 Å². The lowest BCUT2D eigenvalue weighted by atomic mass is 9.71. The molecular weight excluding hydrogens is 454 g/mol. The summed E-state index contributed by atoms with van der Waals surface area (Å²) in [6.45, 7) is 0. The first-order chi connectivity index (χ1) is 15.1. The first-order valence-corrected chi connectivity index (χ1v) is 11.6. The van der Waals surface area contributed by atoms with Gasteiger partial charge in [-0.15, -0.1) is 0 Å². The number of halogens is 1. The van der Waals surface area contributed by atoms with E-state index in [9.17, 15) is 9.59 Å². The number of hydrogen-bond donors (Lipinski definition) is 0. The van der Waals surface area contributed by atoms with Crippen LogP contribution in [0.5, 0.6) is 5.75 Å². The lowest BCUT2D eigenvalue weighted by Crippen LogP contribution is -2.39. The monoisotopic (exact) mass is 477 g/mol. The Balaban J connectivity index is 1.76. The van der Waals surface area contributed by atoms with Crippen molar-refractivity contribution < 1.29 is 14.3 Å². The Bertz CT molecular complexity index is 1090. The molecule has 0 saturated carbocycles. The van der Waals surface area contributed by atoms with Gasteiger partial charge in [-0.25, -0.2) is 0 Å². The molecule has 158 valence electrons. The number of allylic oxidation sites excluding steroid dienone is 4.